The fourth-order valence-electron chi connectivity index (χ4n) is 2.83. The van der Waals surface area contributed by atoms with Crippen molar-refractivity contribution >= 4 is 33.4 Å². The Balaban J connectivity index is 1.51. The van der Waals surface area contributed by atoms with Gasteiger partial charge in [0.1, 0.15) is 10.7 Å². The van der Waals surface area contributed by atoms with Crippen molar-refractivity contribution in [1.82, 2.24) is 9.21 Å². The SMILES string of the molecule is O=S(=O)(c1ccccc1Cl)N1CCN(CCSc2ccccc2F)CC1. The molecule has 0 aromatic heterocycles. The van der Waals surface area contributed by atoms with E-state index in [0.717, 1.165) is 12.3 Å². The quantitative estimate of drug-likeness (QED) is 0.677. The van der Waals surface area contributed by atoms with E-state index in [1.54, 1.807) is 30.3 Å². The zero-order valence-corrected chi connectivity index (χ0v) is 16.5. The summed E-state index contributed by atoms with van der Waals surface area (Å²) in [6.07, 6.45) is 0. The van der Waals surface area contributed by atoms with E-state index in [4.69, 9.17) is 11.6 Å². The summed E-state index contributed by atoms with van der Waals surface area (Å²) < 4.78 is 40.6. The summed E-state index contributed by atoms with van der Waals surface area (Å²) in [5.74, 6) is 0.561. The molecule has 0 unspecified atom stereocenters. The molecule has 0 amide bonds. The predicted octanol–water partition coefficient (Wildman–Crippen LogP) is 3.58. The molecule has 2 aromatic carbocycles. The molecule has 140 valence electrons. The lowest BCUT2D eigenvalue weighted by Crippen LogP contribution is -2.49. The minimum atomic E-state index is -3.57. The van der Waals surface area contributed by atoms with Crippen molar-refractivity contribution in [2.75, 3.05) is 38.5 Å². The lowest BCUT2D eigenvalue weighted by Gasteiger charge is -2.34. The van der Waals surface area contributed by atoms with Crippen molar-refractivity contribution in [3.8, 4) is 0 Å². The van der Waals surface area contributed by atoms with E-state index in [1.807, 2.05) is 6.07 Å². The molecular weight excluding hydrogens is 395 g/mol. The highest BCUT2D eigenvalue weighted by Gasteiger charge is 2.29. The van der Waals surface area contributed by atoms with Gasteiger partial charge < -0.3 is 0 Å². The van der Waals surface area contributed by atoms with E-state index in [1.165, 1.54) is 28.2 Å². The van der Waals surface area contributed by atoms with Gasteiger partial charge in [-0.1, -0.05) is 35.9 Å². The number of thioether (sulfide) groups is 1. The molecule has 2 aromatic rings. The maximum atomic E-state index is 13.6. The van der Waals surface area contributed by atoms with E-state index in [-0.39, 0.29) is 15.7 Å². The first-order valence-corrected chi connectivity index (χ1v) is 11.1. The number of nitrogens with zero attached hydrogens (tertiary/aromatic N) is 2. The molecule has 0 saturated carbocycles. The first-order chi connectivity index (χ1) is 12.5. The maximum absolute atomic E-state index is 13.6. The summed E-state index contributed by atoms with van der Waals surface area (Å²) in [5.41, 5.74) is 0. The van der Waals surface area contributed by atoms with Crippen molar-refractivity contribution in [3.05, 3.63) is 59.4 Å². The molecule has 1 saturated heterocycles. The number of sulfonamides is 1. The Morgan fingerprint density at radius 2 is 1.65 bits per heavy atom. The lowest BCUT2D eigenvalue weighted by molar-refractivity contribution is 0.197. The van der Waals surface area contributed by atoms with Crippen LogP contribution in [0.25, 0.3) is 0 Å². The molecule has 0 aliphatic carbocycles. The molecule has 4 nitrogen and oxygen atoms in total. The van der Waals surface area contributed by atoms with E-state index in [9.17, 15) is 12.8 Å². The Hall–Kier alpha value is -1.12. The van der Waals surface area contributed by atoms with E-state index in [2.05, 4.69) is 4.90 Å². The molecule has 0 radical (unpaired) electrons. The molecule has 1 aliphatic rings. The van der Waals surface area contributed by atoms with Crippen LogP contribution < -0.4 is 0 Å². The van der Waals surface area contributed by atoms with Gasteiger partial charge >= 0.3 is 0 Å². The average Bonchev–Trinajstić information content (AvgIpc) is 2.64. The Morgan fingerprint density at radius 1 is 1.00 bits per heavy atom. The van der Waals surface area contributed by atoms with Crippen molar-refractivity contribution in [2.45, 2.75) is 9.79 Å². The molecule has 0 bridgehead atoms. The zero-order chi connectivity index (χ0) is 18.6. The highest BCUT2D eigenvalue weighted by Crippen LogP contribution is 2.25. The molecule has 0 N–H and O–H groups in total. The molecular formula is C18H20ClFN2O2S2. The largest absolute Gasteiger partial charge is 0.300 e. The van der Waals surface area contributed by atoms with Gasteiger partial charge in [0.25, 0.3) is 0 Å². The smallest absolute Gasteiger partial charge is 0.244 e. The summed E-state index contributed by atoms with van der Waals surface area (Å²) in [6, 6.07) is 13.2. The van der Waals surface area contributed by atoms with Crippen LogP contribution >= 0.6 is 23.4 Å². The van der Waals surface area contributed by atoms with Gasteiger partial charge in [-0.25, -0.2) is 12.8 Å². The van der Waals surface area contributed by atoms with Gasteiger partial charge in [0.2, 0.25) is 10.0 Å². The Labute approximate surface area is 163 Å². The van der Waals surface area contributed by atoms with E-state index < -0.39 is 10.0 Å². The Bertz CT molecular complexity index is 856. The Kier molecular flexibility index (Phi) is 6.58. The number of hydrogen-bond acceptors (Lipinski definition) is 4. The van der Waals surface area contributed by atoms with Crippen LogP contribution in [0.4, 0.5) is 4.39 Å². The summed E-state index contributed by atoms with van der Waals surface area (Å²) in [6.45, 7) is 2.96. The fraction of sp³-hybridized carbons (Fsp3) is 0.333. The third-order valence-corrected chi connectivity index (χ3v) is 7.71. The van der Waals surface area contributed by atoms with Crippen molar-refractivity contribution < 1.29 is 12.8 Å². The highest BCUT2D eigenvalue weighted by atomic mass is 35.5. The summed E-state index contributed by atoms with van der Waals surface area (Å²) in [7, 11) is -3.57. The van der Waals surface area contributed by atoms with Gasteiger partial charge in [-0.15, -0.1) is 11.8 Å². The normalized spacial score (nSPS) is 16.7. The lowest BCUT2D eigenvalue weighted by atomic mass is 10.3. The minimum Gasteiger partial charge on any atom is -0.300 e. The summed E-state index contributed by atoms with van der Waals surface area (Å²) >= 11 is 7.53. The zero-order valence-electron chi connectivity index (χ0n) is 14.1. The van der Waals surface area contributed by atoms with Crippen LogP contribution in [0.15, 0.2) is 58.3 Å². The summed E-state index contributed by atoms with van der Waals surface area (Å²) in [4.78, 5) is 3.00. The van der Waals surface area contributed by atoms with Gasteiger partial charge in [0.05, 0.1) is 5.02 Å². The van der Waals surface area contributed by atoms with Crippen molar-refractivity contribution in [2.24, 2.45) is 0 Å². The van der Waals surface area contributed by atoms with Gasteiger partial charge in [-0.05, 0) is 24.3 Å². The average molecular weight is 415 g/mol. The Morgan fingerprint density at radius 3 is 2.35 bits per heavy atom. The molecule has 1 fully saturated rings. The first kappa shape index (κ1) is 19.6. The van der Waals surface area contributed by atoms with Crippen LogP contribution in [0.3, 0.4) is 0 Å². The van der Waals surface area contributed by atoms with Gasteiger partial charge in [-0.2, -0.15) is 4.31 Å². The van der Waals surface area contributed by atoms with Crippen LogP contribution in [-0.4, -0.2) is 56.1 Å². The number of piperazine rings is 1. The van der Waals surface area contributed by atoms with Gasteiger partial charge in [0, 0.05) is 43.4 Å². The van der Waals surface area contributed by atoms with Crippen LogP contribution in [0, 0.1) is 5.82 Å². The fourth-order valence-corrected chi connectivity index (χ4v) is 5.70. The second kappa shape index (κ2) is 8.71. The molecule has 1 heterocycles. The van der Waals surface area contributed by atoms with Crippen molar-refractivity contribution in [1.29, 1.82) is 0 Å². The molecule has 26 heavy (non-hydrogen) atoms. The molecule has 3 rings (SSSR count). The van der Waals surface area contributed by atoms with E-state index in [0.29, 0.717) is 31.1 Å². The third-order valence-electron chi connectivity index (χ3n) is 4.29. The predicted molar refractivity (Wildman–Crippen MR) is 104 cm³/mol. The maximum Gasteiger partial charge on any atom is 0.244 e. The van der Waals surface area contributed by atoms with Gasteiger partial charge in [0.15, 0.2) is 0 Å². The number of hydrogen-bond donors (Lipinski definition) is 0. The van der Waals surface area contributed by atoms with Crippen LogP contribution in [0.5, 0.6) is 0 Å². The molecule has 1 aliphatic heterocycles. The van der Waals surface area contributed by atoms with Crippen LogP contribution in [0.1, 0.15) is 0 Å². The van der Waals surface area contributed by atoms with E-state index >= 15 is 0 Å². The minimum absolute atomic E-state index is 0.158. The van der Waals surface area contributed by atoms with Crippen LogP contribution in [-0.2, 0) is 10.0 Å². The van der Waals surface area contributed by atoms with Crippen LogP contribution in [0.2, 0.25) is 5.02 Å². The third kappa shape index (κ3) is 4.58. The topological polar surface area (TPSA) is 40.6 Å². The monoisotopic (exact) mass is 414 g/mol. The number of benzene rings is 2. The summed E-state index contributed by atoms with van der Waals surface area (Å²) in [5, 5.41) is 0.246. The highest BCUT2D eigenvalue weighted by molar-refractivity contribution is 7.99. The first-order valence-electron chi connectivity index (χ1n) is 8.33. The second-order valence-corrected chi connectivity index (χ2v) is 9.41. The van der Waals surface area contributed by atoms with Crippen molar-refractivity contribution in [3.63, 3.8) is 0 Å². The molecule has 8 heteroatoms. The van der Waals surface area contributed by atoms with Gasteiger partial charge in [-0.3, -0.25) is 4.90 Å². The number of halogens is 2. The standard InChI is InChI=1S/C18H20ClFN2O2S2/c19-15-5-1-4-8-18(15)26(23,24)22-11-9-21(10-12-22)13-14-25-17-7-3-2-6-16(17)20/h1-8H,9-14H2. The second-order valence-electron chi connectivity index (χ2n) is 5.96. The number of rotatable bonds is 6. The molecule has 0 atom stereocenters. The molecule has 0 spiro atoms.